The molecular weight excluding hydrogens is 308 g/mol. The van der Waals surface area contributed by atoms with Gasteiger partial charge in [-0.2, -0.15) is 0 Å². The van der Waals surface area contributed by atoms with Crippen molar-refractivity contribution >= 4 is 17.5 Å². The molecule has 0 saturated heterocycles. The third kappa shape index (κ3) is 4.01. The molecule has 0 aromatic carbocycles. The summed E-state index contributed by atoms with van der Waals surface area (Å²) in [7, 11) is 0. The largest absolute Gasteiger partial charge is 0.459 e. The molecule has 3 aromatic heterocycles. The fraction of sp³-hybridized carbons (Fsp3) is 0.235. The minimum absolute atomic E-state index is 0.112. The van der Waals surface area contributed by atoms with Crippen LogP contribution in [0.3, 0.4) is 0 Å². The summed E-state index contributed by atoms with van der Waals surface area (Å²) < 4.78 is 6.92. The Morgan fingerprint density at radius 3 is 2.83 bits per heavy atom. The number of carbonyl (C=O) groups excluding carboxylic acids is 2. The van der Waals surface area contributed by atoms with Gasteiger partial charge in [0.25, 0.3) is 5.91 Å². The van der Waals surface area contributed by atoms with Crippen molar-refractivity contribution in [2.75, 3.05) is 13.1 Å². The highest BCUT2D eigenvalue weighted by molar-refractivity contribution is 5.91. The monoisotopic (exact) mass is 326 g/mol. The molecule has 0 fully saturated rings. The molecular formula is C17H18N4O3. The topological polar surface area (TPSA) is 88.6 Å². The van der Waals surface area contributed by atoms with Crippen molar-refractivity contribution < 1.29 is 14.0 Å². The first-order valence-electron chi connectivity index (χ1n) is 7.73. The Balaban J connectivity index is 1.36. The van der Waals surface area contributed by atoms with Crippen molar-refractivity contribution in [3.05, 3.63) is 60.4 Å². The van der Waals surface area contributed by atoms with E-state index in [4.69, 9.17) is 4.42 Å². The van der Waals surface area contributed by atoms with E-state index in [0.717, 1.165) is 11.3 Å². The minimum atomic E-state index is -0.322. The van der Waals surface area contributed by atoms with Crippen molar-refractivity contribution in [1.82, 2.24) is 20.0 Å². The van der Waals surface area contributed by atoms with Gasteiger partial charge in [-0.15, -0.1) is 0 Å². The maximum absolute atomic E-state index is 11.8. The van der Waals surface area contributed by atoms with Gasteiger partial charge < -0.3 is 19.5 Å². The van der Waals surface area contributed by atoms with Gasteiger partial charge in [0.1, 0.15) is 5.65 Å². The molecule has 0 atom stereocenters. The van der Waals surface area contributed by atoms with Crippen LogP contribution in [0.4, 0.5) is 0 Å². The molecule has 0 aliphatic heterocycles. The SMILES string of the molecule is O=C(CCNC(=O)c1ccco1)NCCc1cn2ccccc2n1. The number of aromatic nitrogens is 2. The summed E-state index contributed by atoms with van der Waals surface area (Å²) in [6.45, 7) is 0.772. The summed E-state index contributed by atoms with van der Waals surface area (Å²) in [4.78, 5) is 27.9. The summed E-state index contributed by atoms with van der Waals surface area (Å²) in [6, 6.07) is 9.02. The summed E-state index contributed by atoms with van der Waals surface area (Å²) in [5.41, 5.74) is 1.81. The minimum Gasteiger partial charge on any atom is -0.459 e. The van der Waals surface area contributed by atoms with Crippen LogP contribution in [0.25, 0.3) is 5.65 Å². The third-order valence-electron chi connectivity index (χ3n) is 3.50. The Hall–Kier alpha value is -3.09. The van der Waals surface area contributed by atoms with Crippen molar-refractivity contribution in [2.45, 2.75) is 12.8 Å². The molecule has 7 heteroatoms. The molecule has 124 valence electrons. The zero-order valence-corrected chi connectivity index (χ0v) is 13.1. The molecule has 0 bridgehead atoms. The van der Waals surface area contributed by atoms with Gasteiger partial charge in [0.05, 0.1) is 12.0 Å². The maximum atomic E-state index is 11.8. The van der Waals surface area contributed by atoms with Gasteiger partial charge in [0.15, 0.2) is 5.76 Å². The van der Waals surface area contributed by atoms with Crippen LogP contribution in [-0.2, 0) is 11.2 Å². The average molecular weight is 326 g/mol. The van der Waals surface area contributed by atoms with E-state index in [2.05, 4.69) is 15.6 Å². The molecule has 0 unspecified atom stereocenters. The second kappa shape index (κ2) is 7.45. The van der Waals surface area contributed by atoms with Crippen molar-refractivity contribution in [2.24, 2.45) is 0 Å². The first kappa shape index (κ1) is 15.8. The summed E-state index contributed by atoms with van der Waals surface area (Å²) in [6.07, 6.45) is 6.20. The Morgan fingerprint density at radius 2 is 2.04 bits per heavy atom. The van der Waals surface area contributed by atoms with Crippen molar-refractivity contribution in [1.29, 1.82) is 0 Å². The summed E-state index contributed by atoms with van der Waals surface area (Å²) >= 11 is 0. The lowest BCUT2D eigenvalue weighted by atomic mass is 10.3. The van der Waals surface area contributed by atoms with E-state index in [1.165, 1.54) is 6.26 Å². The molecule has 0 aliphatic carbocycles. The standard InChI is InChI=1S/C17H18N4O3/c22-16(7-9-19-17(23)14-4-3-11-24-14)18-8-6-13-12-21-10-2-1-5-15(21)20-13/h1-5,10-12H,6-9H2,(H,18,22)(H,19,23). The van der Waals surface area contributed by atoms with Crippen LogP contribution in [0.5, 0.6) is 0 Å². The lowest BCUT2D eigenvalue weighted by molar-refractivity contribution is -0.120. The van der Waals surface area contributed by atoms with Crippen LogP contribution in [0.1, 0.15) is 22.7 Å². The number of nitrogens with zero attached hydrogens (tertiary/aromatic N) is 2. The molecule has 0 saturated carbocycles. The van der Waals surface area contributed by atoms with Crippen LogP contribution < -0.4 is 10.6 Å². The first-order valence-corrected chi connectivity index (χ1v) is 7.73. The second-order valence-corrected chi connectivity index (χ2v) is 5.28. The van der Waals surface area contributed by atoms with Gasteiger partial charge in [-0.1, -0.05) is 6.07 Å². The Bertz CT molecular complexity index is 790. The van der Waals surface area contributed by atoms with E-state index < -0.39 is 0 Å². The van der Waals surface area contributed by atoms with E-state index in [0.29, 0.717) is 13.0 Å². The fourth-order valence-electron chi connectivity index (χ4n) is 2.31. The van der Waals surface area contributed by atoms with E-state index in [-0.39, 0.29) is 30.5 Å². The highest BCUT2D eigenvalue weighted by Crippen LogP contribution is 2.04. The zero-order chi connectivity index (χ0) is 16.8. The Labute approximate surface area is 138 Å². The van der Waals surface area contributed by atoms with Crippen LogP contribution in [0.15, 0.2) is 53.4 Å². The number of rotatable bonds is 7. The first-order chi connectivity index (χ1) is 11.7. The van der Waals surface area contributed by atoms with Gasteiger partial charge in [0.2, 0.25) is 5.91 Å². The van der Waals surface area contributed by atoms with Crippen LogP contribution in [0, 0.1) is 0 Å². The molecule has 0 radical (unpaired) electrons. The normalized spacial score (nSPS) is 10.7. The number of amides is 2. The van der Waals surface area contributed by atoms with Gasteiger partial charge >= 0.3 is 0 Å². The Morgan fingerprint density at radius 1 is 1.12 bits per heavy atom. The van der Waals surface area contributed by atoms with Crippen LogP contribution >= 0.6 is 0 Å². The molecule has 2 amide bonds. The number of pyridine rings is 1. The second-order valence-electron chi connectivity index (χ2n) is 5.28. The van der Waals surface area contributed by atoms with Crippen molar-refractivity contribution in [3.8, 4) is 0 Å². The molecule has 0 aliphatic rings. The predicted octanol–water partition coefficient (Wildman–Crippen LogP) is 1.41. The quantitative estimate of drug-likeness (QED) is 0.687. The lowest BCUT2D eigenvalue weighted by Gasteiger charge is -2.05. The number of furan rings is 1. The van der Waals surface area contributed by atoms with E-state index in [1.54, 1.807) is 12.1 Å². The molecule has 7 nitrogen and oxygen atoms in total. The van der Waals surface area contributed by atoms with Gasteiger partial charge in [-0.05, 0) is 24.3 Å². The van der Waals surface area contributed by atoms with Crippen molar-refractivity contribution in [3.63, 3.8) is 0 Å². The fourth-order valence-corrected chi connectivity index (χ4v) is 2.31. The highest BCUT2D eigenvalue weighted by Gasteiger charge is 2.08. The van der Waals surface area contributed by atoms with E-state index >= 15 is 0 Å². The van der Waals surface area contributed by atoms with E-state index in [1.807, 2.05) is 35.0 Å². The number of fused-ring (bicyclic) bond motifs is 1. The predicted molar refractivity (Wildman–Crippen MR) is 87.6 cm³/mol. The summed E-state index contributed by atoms with van der Waals surface area (Å²) in [5.74, 6) is -0.196. The van der Waals surface area contributed by atoms with Gasteiger partial charge in [0, 0.05) is 38.3 Å². The molecule has 2 N–H and O–H groups in total. The molecule has 24 heavy (non-hydrogen) atoms. The van der Waals surface area contributed by atoms with Gasteiger partial charge in [-0.25, -0.2) is 4.98 Å². The Kier molecular flexibility index (Phi) is 4.90. The highest BCUT2D eigenvalue weighted by atomic mass is 16.3. The maximum Gasteiger partial charge on any atom is 0.286 e. The number of imidazole rings is 1. The average Bonchev–Trinajstić information content (AvgIpc) is 3.24. The summed E-state index contributed by atoms with van der Waals surface area (Å²) in [5, 5.41) is 5.45. The van der Waals surface area contributed by atoms with Gasteiger partial charge in [-0.3, -0.25) is 9.59 Å². The molecule has 3 rings (SSSR count). The molecule has 3 aromatic rings. The number of hydrogen-bond donors (Lipinski definition) is 2. The number of hydrogen-bond acceptors (Lipinski definition) is 4. The van der Waals surface area contributed by atoms with E-state index in [9.17, 15) is 9.59 Å². The van der Waals surface area contributed by atoms with Crippen LogP contribution in [-0.4, -0.2) is 34.3 Å². The van der Waals surface area contributed by atoms with Crippen LogP contribution in [0.2, 0.25) is 0 Å². The smallest absolute Gasteiger partial charge is 0.286 e. The zero-order valence-electron chi connectivity index (χ0n) is 13.1. The lowest BCUT2D eigenvalue weighted by Crippen LogP contribution is -2.31. The molecule has 0 spiro atoms. The third-order valence-corrected chi connectivity index (χ3v) is 3.50. The number of carbonyl (C=O) groups is 2. The molecule has 3 heterocycles. The number of nitrogens with one attached hydrogen (secondary N) is 2.